The van der Waals surface area contributed by atoms with Gasteiger partial charge in [-0.1, -0.05) is 23.7 Å². The second kappa shape index (κ2) is 6.25. The van der Waals surface area contributed by atoms with Crippen LogP contribution in [0.5, 0.6) is 0 Å². The summed E-state index contributed by atoms with van der Waals surface area (Å²) >= 11 is 5.84. The molecule has 17 heavy (non-hydrogen) atoms. The molecule has 92 valence electrons. The largest absolute Gasteiger partial charge is 0.462 e. The molecule has 0 fully saturated rings. The Labute approximate surface area is 104 Å². The molecule has 0 N–H and O–H groups in total. The minimum Gasteiger partial charge on any atom is -0.462 e. The van der Waals surface area contributed by atoms with Gasteiger partial charge in [-0.3, -0.25) is 9.59 Å². The van der Waals surface area contributed by atoms with Crippen molar-refractivity contribution in [2.45, 2.75) is 20.0 Å². The highest BCUT2D eigenvalue weighted by Crippen LogP contribution is 2.21. The van der Waals surface area contributed by atoms with E-state index in [4.69, 9.17) is 21.1 Å². The lowest BCUT2D eigenvalue weighted by molar-refractivity contribution is -0.156. The third-order valence-corrected chi connectivity index (χ3v) is 2.20. The van der Waals surface area contributed by atoms with Crippen molar-refractivity contribution < 1.29 is 19.1 Å². The number of hydrogen-bond acceptors (Lipinski definition) is 4. The van der Waals surface area contributed by atoms with Crippen LogP contribution in [0.1, 0.15) is 25.5 Å². The van der Waals surface area contributed by atoms with E-state index in [0.717, 1.165) is 0 Å². The third kappa shape index (κ3) is 4.87. The Bertz CT molecular complexity index is 417. The molecule has 0 spiro atoms. The first kappa shape index (κ1) is 13.5. The average molecular weight is 257 g/mol. The molecule has 1 rings (SSSR count). The highest BCUT2D eigenvalue weighted by molar-refractivity contribution is 6.30. The van der Waals surface area contributed by atoms with E-state index in [0.29, 0.717) is 10.6 Å². The number of ether oxygens (including phenoxy) is 2. The minimum atomic E-state index is -0.630. The number of hydrogen-bond donors (Lipinski definition) is 0. The second-order valence-corrected chi connectivity index (χ2v) is 3.89. The molecule has 4 nitrogen and oxygen atoms in total. The molecule has 0 aliphatic carbocycles. The van der Waals surface area contributed by atoms with Gasteiger partial charge in [-0.2, -0.15) is 0 Å². The van der Waals surface area contributed by atoms with E-state index in [-0.39, 0.29) is 6.61 Å². The van der Waals surface area contributed by atoms with Crippen LogP contribution in [-0.4, -0.2) is 18.5 Å². The summed E-state index contributed by atoms with van der Waals surface area (Å²) in [6.07, 6.45) is -0.630. The van der Waals surface area contributed by atoms with Crippen LogP contribution < -0.4 is 0 Å². The van der Waals surface area contributed by atoms with Crippen molar-refractivity contribution in [3.05, 3.63) is 34.9 Å². The fourth-order valence-corrected chi connectivity index (χ4v) is 1.50. The maximum Gasteiger partial charge on any atom is 0.303 e. The molecule has 0 radical (unpaired) electrons. The fraction of sp³-hybridized carbons (Fsp3) is 0.333. The molecule has 0 aromatic heterocycles. The predicted octanol–water partition coefficient (Wildman–Crippen LogP) is 2.51. The standard InChI is InChI=1S/C12H13ClO4/c1-8(14)16-7-12(17-9(2)15)10-4-3-5-11(13)6-10/h3-6,12H,7H2,1-2H3. The Morgan fingerprint density at radius 2 is 2.00 bits per heavy atom. The van der Waals surface area contributed by atoms with Gasteiger partial charge in [0.25, 0.3) is 0 Å². The maximum atomic E-state index is 11.0. The van der Waals surface area contributed by atoms with Crippen molar-refractivity contribution in [1.82, 2.24) is 0 Å². The monoisotopic (exact) mass is 256 g/mol. The van der Waals surface area contributed by atoms with Gasteiger partial charge in [0, 0.05) is 18.9 Å². The molecule has 1 aromatic rings. The Kier molecular flexibility index (Phi) is 4.97. The fourth-order valence-electron chi connectivity index (χ4n) is 1.30. The van der Waals surface area contributed by atoms with Gasteiger partial charge in [-0.15, -0.1) is 0 Å². The van der Waals surface area contributed by atoms with Crippen molar-refractivity contribution in [3.63, 3.8) is 0 Å². The Hall–Kier alpha value is -1.55. The van der Waals surface area contributed by atoms with Crippen molar-refractivity contribution >= 4 is 23.5 Å². The number of carbonyl (C=O) groups excluding carboxylic acids is 2. The highest BCUT2D eigenvalue weighted by Gasteiger charge is 2.16. The molecule has 0 aliphatic rings. The molecule has 1 unspecified atom stereocenters. The maximum absolute atomic E-state index is 11.0. The van der Waals surface area contributed by atoms with Crippen LogP contribution in [0.2, 0.25) is 5.02 Å². The van der Waals surface area contributed by atoms with Gasteiger partial charge in [-0.25, -0.2) is 0 Å². The van der Waals surface area contributed by atoms with Crippen LogP contribution in [0.4, 0.5) is 0 Å². The van der Waals surface area contributed by atoms with E-state index in [9.17, 15) is 9.59 Å². The summed E-state index contributed by atoms with van der Waals surface area (Å²) in [4.78, 5) is 21.7. The second-order valence-electron chi connectivity index (χ2n) is 3.46. The molecule has 0 saturated heterocycles. The van der Waals surface area contributed by atoms with Gasteiger partial charge in [0.15, 0.2) is 6.10 Å². The van der Waals surface area contributed by atoms with Gasteiger partial charge in [0.05, 0.1) is 0 Å². The smallest absolute Gasteiger partial charge is 0.303 e. The zero-order chi connectivity index (χ0) is 12.8. The van der Waals surface area contributed by atoms with Gasteiger partial charge >= 0.3 is 11.9 Å². The average Bonchev–Trinajstić information content (AvgIpc) is 2.23. The van der Waals surface area contributed by atoms with Gasteiger partial charge in [0.2, 0.25) is 0 Å². The first-order valence-electron chi connectivity index (χ1n) is 5.05. The van der Waals surface area contributed by atoms with Crippen LogP contribution in [0.25, 0.3) is 0 Å². The third-order valence-electron chi connectivity index (χ3n) is 1.97. The molecule has 5 heteroatoms. The lowest BCUT2D eigenvalue weighted by atomic mass is 10.1. The zero-order valence-electron chi connectivity index (χ0n) is 9.60. The first-order chi connectivity index (χ1) is 7.99. The number of carbonyl (C=O) groups is 2. The van der Waals surface area contributed by atoms with Gasteiger partial charge in [0.1, 0.15) is 6.61 Å². The number of halogens is 1. The molecule has 0 aliphatic heterocycles. The molecule has 1 aromatic carbocycles. The molecule has 0 heterocycles. The van der Waals surface area contributed by atoms with Crippen LogP contribution in [-0.2, 0) is 19.1 Å². The molecule has 0 amide bonds. The molecule has 0 bridgehead atoms. The van der Waals surface area contributed by atoms with Crippen LogP contribution >= 0.6 is 11.6 Å². The van der Waals surface area contributed by atoms with Crippen LogP contribution in [0.15, 0.2) is 24.3 Å². The Balaban J connectivity index is 2.81. The summed E-state index contributed by atoms with van der Waals surface area (Å²) in [6.45, 7) is 2.57. The molecule has 1 atom stereocenters. The number of benzene rings is 1. The molecule has 0 saturated carbocycles. The van der Waals surface area contributed by atoms with Gasteiger partial charge < -0.3 is 9.47 Å². The lowest BCUT2D eigenvalue weighted by Crippen LogP contribution is -2.16. The first-order valence-corrected chi connectivity index (χ1v) is 5.43. The highest BCUT2D eigenvalue weighted by atomic mass is 35.5. The summed E-state index contributed by atoms with van der Waals surface area (Å²) in [5.74, 6) is -0.869. The van der Waals surface area contributed by atoms with E-state index in [1.165, 1.54) is 13.8 Å². The minimum absolute atomic E-state index is 0.0186. The molecular weight excluding hydrogens is 244 g/mol. The normalized spacial score (nSPS) is 11.7. The summed E-state index contributed by atoms with van der Waals surface area (Å²) < 4.78 is 9.91. The van der Waals surface area contributed by atoms with E-state index >= 15 is 0 Å². The van der Waals surface area contributed by atoms with Crippen molar-refractivity contribution in [2.75, 3.05) is 6.61 Å². The summed E-state index contributed by atoms with van der Waals surface area (Å²) in [5, 5.41) is 0.530. The SMILES string of the molecule is CC(=O)OCC(OC(C)=O)c1cccc(Cl)c1. The van der Waals surface area contributed by atoms with E-state index in [1.54, 1.807) is 24.3 Å². The summed E-state index contributed by atoms with van der Waals surface area (Å²) in [6, 6.07) is 6.87. The summed E-state index contributed by atoms with van der Waals surface area (Å²) in [5.41, 5.74) is 0.689. The van der Waals surface area contributed by atoms with E-state index in [1.807, 2.05) is 0 Å². The van der Waals surface area contributed by atoms with Crippen molar-refractivity contribution in [3.8, 4) is 0 Å². The Morgan fingerprint density at radius 3 is 2.53 bits per heavy atom. The topological polar surface area (TPSA) is 52.6 Å². The number of rotatable bonds is 4. The molecular formula is C12H13ClO4. The quantitative estimate of drug-likeness (QED) is 0.777. The number of esters is 2. The zero-order valence-corrected chi connectivity index (χ0v) is 10.4. The van der Waals surface area contributed by atoms with E-state index < -0.39 is 18.0 Å². The predicted molar refractivity (Wildman–Crippen MR) is 62.6 cm³/mol. The van der Waals surface area contributed by atoms with Crippen molar-refractivity contribution in [2.24, 2.45) is 0 Å². The Morgan fingerprint density at radius 1 is 1.29 bits per heavy atom. The van der Waals surface area contributed by atoms with Crippen LogP contribution in [0, 0.1) is 0 Å². The summed E-state index contributed by atoms with van der Waals surface area (Å²) in [7, 11) is 0. The van der Waals surface area contributed by atoms with Crippen molar-refractivity contribution in [1.29, 1.82) is 0 Å². The van der Waals surface area contributed by atoms with Gasteiger partial charge in [-0.05, 0) is 17.7 Å². The van der Waals surface area contributed by atoms with Crippen LogP contribution in [0.3, 0.4) is 0 Å². The van der Waals surface area contributed by atoms with E-state index in [2.05, 4.69) is 0 Å². The lowest BCUT2D eigenvalue weighted by Gasteiger charge is -2.17.